The Morgan fingerprint density at radius 2 is 2.00 bits per heavy atom. The summed E-state index contributed by atoms with van der Waals surface area (Å²) in [5.41, 5.74) is 2.89. The molecule has 0 aliphatic carbocycles. The standard InChI is InChI=1S/C16H21N3OS/c1-3-9-21-11-12-5-7-14(8-6-12)18-16-17-13(4-2)10-15(20)19-16/h5-8,10H,3-4,9,11H2,1-2H3,(H2,17,18,19,20). The van der Waals surface area contributed by atoms with E-state index in [4.69, 9.17) is 0 Å². The molecular formula is C16H21N3OS. The average Bonchev–Trinajstić information content (AvgIpc) is 2.48. The highest BCUT2D eigenvalue weighted by atomic mass is 32.2. The van der Waals surface area contributed by atoms with E-state index in [0.717, 1.165) is 23.6 Å². The number of aryl methyl sites for hydroxylation is 1. The zero-order valence-electron chi connectivity index (χ0n) is 12.5. The number of anilines is 2. The molecular weight excluding hydrogens is 282 g/mol. The molecule has 21 heavy (non-hydrogen) atoms. The van der Waals surface area contributed by atoms with E-state index in [1.165, 1.54) is 23.8 Å². The minimum absolute atomic E-state index is 0.128. The number of benzene rings is 1. The van der Waals surface area contributed by atoms with Crippen molar-refractivity contribution in [2.45, 2.75) is 32.4 Å². The molecule has 2 rings (SSSR count). The minimum atomic E-state index is -0.128. The van der Waals surface area contributed by atoms with Crippen molar-refractivity contribution in [1.29, 1.82) is 0 Å². The summed E-state index contributed by atoms with van der Waals surface area (Å²) in [6.07, 6.45) is 1.95. The average molecular weight is 303 g/mol. The number of thioether (sulfide) groups is 1. The van der Waals surface area contributed by atoms with Crippen molar-refractivity contribution < 1.29 is 0 Å². The van der Waals surface area contributed by atoms with E-state index < -0.39 is 0 Å². The van der Waals surface area contributed by atoms with E-state index in [1.54, 1.807) is 0 Å². The third-order valence-corrected chi connectivity index (χ3v) is 4.23. The third-order valence-electron chi connectivity index (χ3n) is 2.99. The van der Waals surface area contributed by atoms with Gasteiger partial charge < -0.3 is 5.32 Å². The molecule has 2 N–H and O–H groups in total. The van der Waals surface area contributed by atoms with E-state index in [9.17, 15) is 4.79 Å². The fourth-order valence-electron chi connectivity index (χ4n) is 1.90. The van der Waals surface area contributed by atoms with Crippen LogP contribution in [0.4, 0.5) is 11.6 Å². The predicted molar refractivity (Wildman–Crippen MR) is 90.4 cm³/mol. The molecule has 112 valence electrons. The summed E-state index contributed by atoms with van der Waals surface area (Å²) in [7, 11) is 0. The normalized spacial score (nSPS) is 10.6. The summed E-state index contributed by atoms with van der Waals surface area (Å²) in [6.45, 7) is 4.17. The topological polar surface area (TPSA) is 57.8 Å². The fraction of sp³-hybridized carbons (Fsp3) is 0.375. The summed E-state index contributed by atoms with van der Waals surface area (Å²) in [5.74, 6) is 2.72. The lowest BCUT2D eigenvalue weighted by molar-refractivity contribution is 0.986. The van der Waals surface area contributed by atoms with Crippen LogP contribution in [0.2, 0.25) is 0 Å². The summed E-state index contributed by atoms with van der Waals surface area (Å²) in [4.78, 5) is 18.6. The Hall–Kier alpha value is -1.75. The van der Waals surface area contributed by atoms with Gasteiger partial charge in [0.25, 0.3) is 5.56 Å². The third kappa shape index (κ3) is 4.93. The molecule has 0 saturated heterocycles. The maximum atomic E-state index is 11.5. The van der Waals surface area contributed by atoms with Crippen LogP contribution < -0.4 is 10.9 Å². The van der Waals surface area contributed by atoms with Crippen LogP contribution in [-0.4, -0.2) is 15.7 Å². The first-order chi connectivity index (χ1) is 10.2. The van der Waals surface area contributed by atoms with Crippen molar-refractivity contribution in [1.82, 2.24) is 9.97 Å². The monoisotopic (exact) mass is 303 g/mol. The maximum Gasteiger partial charge on any atom is 0.252 e. The molecule has 1 aromatic carbocycles. The second-order valence-electron chi connectivity index (χ2n) is 4.81. The van der Waals surface area contributed by atoms with Crippen LogP contribution in [0.3, 0.4) is 0 Å². The number of aromatic amines is 1. The number of aromatic nitrogens is 2. The van der Waals surface area contributed by atoms with Crippen LogP contribution in [0.15, 0.2) is 35.1 Å². The van der Waals surface area contributed by atoms with Crippen LogP contribution in [0, 0.1) is 0 Å². The molecule has 0 aliphatic rings. The quantitative estimate of drug-likeness (QED) is 0.765. The molecule has 5 heteroatoms. The summed E-state index contributed by atoms with van der Waals surface area (Å²) < 4.78 is 0. The molecule has 4 nitrogen and oxygen atoms in total. The second kappa shape index (κ2) is 7.88. The Bertz CT molecular complexity index is 622. The van der Waals surface area contributed by atoms with Crippen LogP contribution in [0.25, 0.3) is 0 Å². The molecule has 0 spiro atoms. The lowest BCUT2D eigenvalue weighted by Crippen LogP contribution is -2.11. The first kappa shape index (κ1) is 15.6. The Morgan fingerprint density at radius 1 is 1.24 bits per heavy atom. The Morgan fingerprint density at radius 3 is 2.67 bits per heavy atom. The van der Waals surface area contributed by atoms with Gasteiger partial charge in [-0.3, -0.25) is 9.78 Å². The van der Waals surface area contributed by atoms with Crippen molar-refractivity contribution >= 4 is 23.4 Å². The highest BCUT2D eigenvalue weighted by molar-refractivity contribution is 7.98. The number of hydrogen-bond acceptors (Lipinski definition) is 4. The molecule has 0 amide bonds. The predicted octanol–water partition coefficient (Wildman–Crippen LogP) is 3.72. The van der Waals surface area contributed by atoms with Crippen LogP contribution in [0.1, 0.15) is 31.5 Å². The van der Waals surface area contributed by atoms with Gasteiger partial charge in [0.15, 0.2) is 0 Å². The zero-order chi connectivity index (χ0) is 15.1. The van der Waals surface area contributed by atoms with Gasteiger partial charge in [-0.25, -0.2) is 4.98 Å². The molecule has 0 bridgehead atoms. The molecule has 0 unspecified atom stereocenters. The molecule has 0 saturated carbocycles. The van der Waals surface area contributed by atoms with Gasteiger partial charge in [0.05, 0.1) is 0 Å². The molecule has 0 atom stereocenters. The first-order valence-corrected chi connectivity index (χ1v) is 8.40. The highest BCUT2D eigenvalue weighted by Gasteiger charge is 2.01. The number of rotatable bonds is 7. The van der Waals surface area contributed by atoms with Gasteiger partial charge in [-0.05, 0) is 36.3 Å². The maximum absolute atomic E-state index is 11.5. The molecule has 0 fully saturated rings. The van der Waals surface area contributed by atoms with Gasteiger partial charge in [-0.1, -0.05) is 26.0 Å². The lowest BCUT2D eigenvalue weighted by atomic mass is 10.2. The number of H-pyrrole nitrogens is 1. The van der Waals surface area contributed by atoms with Gasteiger partial charge >= 0.3 is 0 Å². The number of nitrogens with zero attached hydrogens (tertiary/aromatic N) is 1. The van der Waals surface area contributed by atoms with Crippen molar-refractivity contribution in [3.63, 3.8) is 0 Å². The summed E-state index contributed by atoms with van der Waals surface area (Å²) in [6, 6.07) is 9.76. The Labute approximate surface area is 129 Å². The SMILES string of the molecule is CCCSCc1ccc(Nc2nc(CC)cc(=O)[nH]2)cc1. The largest absolute Gasteiger partial charge is 0.326 e. The van der Waals surface area contributed by atoms with Gasteiger partial charge in [-0.15, -0.1) is 0 Å². The van der Waals surface area contributed by atoms with Gasteiger partial charge in [0.1, 0.15) is 0 Å². The van der Waals surface area contributed by atoms with E-state index in [2.05, 4.69) is 34.3 Å². The zero-order valence-corrected chi connectivity index (χ0v) is 13.3. The number of hydrogen-bond donors (Lipinski definition) is 2. The smallest absolute Gasteiger partial charge is 0.252 e. The van der Waals surface area contributed by atoms with Crippen LogP contribution in [-0.2, 0) is 12.2 Å². The fourth-order valence-corrected chi connectivity index (χ4v) is 2.76. The molecule has 0 radical (unpaired) electrons. The Balaban J connectivity index is 2.03. The molecule has 1 heterocycles. The molecule has 0 aliphatic heterocycles. The van der Waals surface area contributed by atoms with Crippen molar-refractivity contribution in [2.24, 2.45) is 0 Å². The van der Waals surface area contributed by atoms with E-state index in [-0.39, 0.29) is 5.56 Å². The van der Waals surface area contributed by atoms with Crippen molar-refractivity contribution in [3.05, 3.63) is 51.9 Å². The van der Waals surface area contributed by atoms with E-state index in [0.29, 0.717) is 5.95 Å². The van der Waals surface area contributed by atoms with E-state index in [1.807, 2.05) is 30.8 Å². The van der Waals surface area contributed by atoms with Gasteiger partial charge in [0, 0.05) is 23.2 Å². The van der Waals surface area contributed by atoms with Crippen molar-refractivity contribution in [2.75, 3.05) is 11.1 Å². The molecule has 2 aromatic rings. The second-order valence-corrected chi connectivity index (χ2v) is 5.92. The lowest BCUT2D eigenvalue weighted by Gasteiger charge is -2.07. The Kier molecular flexibility index (Phi) is 5.87. The highest BCUT2D eigenvalue weighted by Crippen LogP contribution is 2.17. The number of nitrogens with one attached hydrogen (secondary N) is 2. The summed E-state index contributed by atoms with van der Waals surface area (Å²) in [5, 5.41) is 3.14. The van der Waals surface area contributed by atoms with Gasteiger partial charge in [-0.2, -0.15) is 11.8 Å². The van der Waals surface area contributed by atoms with Crippen LogP contribution in [0.5, 0.6) is 0 Å². The van der Waals surface area contributed by atoms with E-state index >= 15 is 0 Å². The van der Waals surface area contributed by atoms with Crippen molar-refractivity contribution in [3.8, 4) is 0 Å². The van der Waals surface area contributed by atoms with Crippen LogP contribution >= 0.6 is 11.8 Å². The van der Waals surface area contributed by atoms with Gasteiger partial charge in [0.2, 0.25) is 5.95 Å². The first-order valence-electron chi connectivity index (χ1n) is 7.25. The molecule has 1 aromatic heterocycles. The minimum Gasteiger partial charge on any atom is -0.326 e. The summed E-state index contributed by atoms with van der Waals surface area (Å²) >= 11 is 1.94.